The van der Waals surface area contributed by atoms with Crippen LogP contribution < -0.4 is 5.73 Å². The lowest BCUT2D eigenvalue weighted by atomic mass is 9.87. The minimum atomic E-state index is -0.218. The highest BCUT2D eigenvalue weighted by Crippen LogP contribution is 2.36. The van der Waals surface area contributed by atoms with Gasteiger partial charge in [-0.1, -0.05) is 6.07 Å². The summed E-state index contributed by atoms with van der Waals surface area (Å²) in [5.74, 6) is -0.218. The van der Waals surface area contributed by atoms with Crippen LogP contribution in [-0.2, 0) is 0 Å². The molecule has 0 spiro atoms. The minimum Gasteiger partial charge on any atom is -0.326 e. The van der Waals surface area contributed by atoms with E-state index in [1.165, 1.54) is 0 Å². The van der Waals surface area contributed by atoms with Crippen molar-refractivity contribution in [2.45, 2.75) is 51.2 Å². The number of likely N-dealkylation sites (tertiary alicyclic amines) is 1. The number of halogens is 2. The highest BCUT2D eigenvalue weighted by atomic mass is 79.9. The Kier molecular flexibility index (Phi) is 4.33. The second kappa shape index (κ2) is 5.51. The van der Waals surface area contributed by atoms with E-state index in [0.717, 1.165) is 24.9 Å². The Hall–Kier alpha value is -0.450. The van der Waals surface area contributed by atoms with Gasteiger partial charge in [-0.25, -0.2) is 4.39 Å². The van der Waals surface area contributed by atoms with Crippen LogP contribution in [-0.4, -0.2) is 23.0 Å². The van der Waals surface area contributed by atoms with Gasteiger partial charge in [-0.05, 0) is 73.8 Å². The van der Waals surface area contributed by atoms with E-state index in [1.54, 1.807) is 12.1 Å². The van der Waals surface area contributed by atoms with Gasteiger partial charge < -0.3 is 5.73 Å². The van der Waals surface area contributed by atoms with E-state index in [4.69, 9.17) is 5.73 Å². The first-order chi connectivity index (χ1) is 8.80. The van der Waals surface area contributed by atoms with Gasteiger partial charge in [0, 0.05) is 11.6 Å². The highest BCUT2D eigenvalue weighted by molar-refractivity contribution is 9.10. The molecule has 1 saturated heterocycles. The minimum absolute atomic E-state index is 0.0340. The average Bonchev–Trinajstić information content (AvgIpc) is 2.31. The van der Waals surface area contributed by atoms with E-state index < -0.39 is 0 Å². The third-order valence-electron chi connectivity index (χ3n) is 3.82. The number of hydrogen-bond acceptors (Lipinski definition) is 2. The molecule has 1 aliphatic rings. The zero-order chi connectivity index (χ0) is 14.2. The lowest BCUT2D eigenvalue weighted by molar-refractivity contribution is 0.0383. The van der Waals surface area contributed by atoms with E-state index in [9.17, 15) is 4.39 Å². The quantitative estimate of drug-likeness (QED) is 0.848. The summed E-state index contributed by atoms with van der Waals surface area (Å²) in [6, 6.07) is 5.51. The molecule has 4 heteroatoms. The Morgan fingerprint density at radius 1 is 1.37 bits per heavy atom. The van der Waals surface area contributed by atoms with Gasteiger partial charge >= 0.3 is 0 Å². The van der Waals surface area contributed by atoms with Gasteiger partial charge in [0.2, 0.25) is 0 Å². The zero-order valence-electron chi connectivity index (χ0n) is 11.8. The molecule has 106 valence electrons. The molecule has 2 unspecified atom stereocenters. The predicted octanol–water partition coefficient (Wildman–Crippen LogP) is 3.85. The van der Waals surface area contributed by atoms with Crippen LogP contribution in [0.1, 0.15) is 45.2 Å². The van der Waals surface area contributed by atoms with Crippen LogP contribution in [0, 0.1) is 5.82 Å². The number of nitrogens with zero attached hydrogens (tertiary/aromatic N) is 1. The maximum absolute atomic E-state index is 13.8. The molecule has 0 amide bonds. The van der Waals surface area contributed by atoms with Gasteiger partial charge in [-0.3, -0.25) is 4.90 Å². The lowest BCUT2D eigenvalue weighted by Crippen LogP contribution is -2.53. The summed E-state index contributed by atoms with van der Waals surface area (Å²) in [6.45, 7) is 7.58. The molecule has 1 aromatic carbocycles. The number of piperidine rings is 1. The van der Waals surface area contributed by atoms with E-state index in [2.05, 4.69) is 41.6 Å². The SMILES string of the molecule is CC(C)(C)N1CCCC(N)C1c1ccc(Br)c(F)c1. The Morgan fingerprint density at radius 2 is 2.05 bits per heavy atom. The van der Waals surface area contributed by atoms with Gasteiger partial charge in [0.25, 0.3) is 0 Å². The van der Waals surface area contributed by atoms with Crippen LogP contribution in [0.25, 0.3) is 0 Å². The number of benzene rings is 1. The monoisotopic (exact) mass is 328 g/mol. The summed E-state index contributed by atoms with van der Waals surface area (Å²) in [5, 5.41) is 0. The third-order valence-corrected chi connectivity index (χ3v) is 4.47. The summed E-state index contributed by atoms with van der Waals surface area (Å²) < 4.78 is 14.3. The molecule has 2 N–H and O–H groups in total. The van der Waals surface area contributed by atoms with Gasteiger partial charge in [-0.15, -0.1) is 0 Å². The fourth-order valence-corrected chi connectivity index (χ4v) is 3.15. The molecule has 1 aromatic rings. The maximum atomic E-state index is 13.8. The molecule has 0 aliphatic carbocycles. The first-order valence-corrected chi connectivity index (χ1v) is 7.57. The highest BCUT2D eigenvalue weighted by Gasteiger charge is 2.36. The van der Waals surface area contributed by atoms with Gasteiger partial charge in [0.05, 0.1) is 10.5 Å². The van der Waals surface area contributed by atoms with E-state index in [0.29, 0.717) is 4.47 Å². The van der Waals surface area contributed by atoms with E-state index in [-0.39, 0.29) is 23.4 Å². The smallest absolute Gasteiger partial charge is 0.137 e. The number of hydrogen-bond donors (Lipinski definition) is 1. The predicted molar refractivity (Wildman–Crippen MR) is 80.5 cm³/mol. The summed E-state index contributed by atoms with van der Waals surface area (Å²) in [4.78, 5) is 2.39. The molecule has 19 heavy (non-hydrogen) atoms. The van der Waals surface area contributed by atoms with Gasteiger partial charge in [0.15, 0.2) is 0 Å². The Balaban J connectivity index is 2.39. The fraction of sp³-hybridized carbons (Fsp3) is 0.600. The van der Waals surface area contributed by atoms with E-state index >= 15 is 0 Å². The summed E-state index contributed by atoms with van der Waals surface area (Å²) in [6.07, 6.45) is 2.10. The van der Waals surface area contributed by atoms with Crippen molar-refractivity contribution in [2.75, 3.05) is 6.54 Å². The van der Waals surface area contributed by atoms with Crippen LogP contribution in [0.2, 0.25) is 0 Å². The normalized spacial score (nSPS) is 25.6. The zero-order valence-corrected chi connectivity index (χ0v) is 13.4. The largest absolute Gasteiger partial charge is 0.326 e. The van der Waals surface area contributed by atoms with Crippen molar-refractivity contribution in [1.82, 2.24) is 4.90 Å². The van der Waals surface area contributed by atoms with Crippen molar-refractivity contribution < 1.29 is 4.39 Å². The van der Waals surface area contributed by atoms with Crippen molar-refractivity contribution >= 4 is 15.9 Å². The maximum Gasteiger partial charge on any atom is 0.137 e. The Morgan fingerprint density at radius 3 is 2.63 bits per heavy atom. The van der Waals surface area contributed by atoms with Gasteiger partial charge in [-0.2, -0.15) is 0 Å². The van der Waals surface area contributed by atoms with Crippen LogP contribution in [0.4, 0.5) is 4.39 Å². The summed E-state index contributed by atoms with van der Waals surface area (Å²) >= 11 is 3.20. The van der Waals surface area contributed by atoms with Crippen molar-refractivity contribution in [3.63, 3.8) is 0 Å². The van der Waals surface area contributed by atoms with Crippen molar-refractivity contribution in [3.05, 3.63) is 34.1 Å². The topological polar surface area (TPSA) is 29.3 Å². The summed E-state index contributed by atoms with van der Waals surface area (Å²) in [5.41, 5.74) is 7.32. The van der Waals surface area contributed by atoms with Crippen LogP contribution in [0.3, 0.4) is 0 Å². The fourth-order valence-electron chi connectivity index (χ4n) is 2.90. The number of nitrogens with two attached hydrogens (primary N) is 1. The van der Waals surface area contributed by atoms with E-state index in [1.807, 2.05) is 6.07 Å². The molecule has 0 saturated carbocycles. The van der Waals surface area contributed by atoms with Crippen LogP contribution >= 0.6 is 15.9 Å². The molecule has 0 radical (unpaired) electrons. The molecule has 0 bridgehead atoms. The number of rotatable bonds is 1. The second-order valence-corrected chi connectivity index (χ2v) is 7.14. The molecule has 2 nitrogen and oxygen atoms in total. The average molecular weight is 329 g/mol. The Bertz CT molecular complexity index is 456. The first kappa shape index (κ1) is 14.9. The molecular formula is C15H22BrFN2. The van der Waals surface area contributed by atoms with Crippen molar-refractivity contribution in [3.8, 4) is 0 Å². The van der Waals surface area contributed by atoms with Crippen LogP contribution in [0.5, 0.6) is 0 Å². The Labute approximate surface area is 123 Å². The summed E-state index contributed by atoms with van der Waals surface area (Å²) in [7, 11) is 0. The molecule has 1 fully saturated rings. The van der Waals surface area contributed by atoms with Crippen LogP contribution in [0.15, 0.2) is 22.7 Å². The molecule has 1 aliphatic heterocycles. The molecule has 1 heterocycles. The molecule has 2 rings (SSSR count). The first-order valence-electron chi connectivity index (χ1n) is 6.78. The van der Waals surface area contributed by atoms with Crippen molar-refractivity contribution in [1.29, 1.82) is 0 Å². The standard InChI is InChI=1S/C15H22BrFN2/c1-15(2,3)19-8-4-5-13(18)14(19)10-6-7-11(16)12(17)9-10/h6-7,9,13-14H,4-5,8,18H2,1-3H3. The van der Waals surface area contributed by atoms with Gasteiger partial charge in [0.1, 0.15) is 5.82 Å². The molecule has 2 atom stereocenters. The molecule has 0 aromatic heterocycles. The lowest BCUT2D eigenvalue weighted by Gasteiger charge is -2.47. The van der Waals surface area contributed by atoms with Crippen molar-refractivity contribution in [2.24, 2.45) is 5.73 Å². The second-order valence-electron chi connectivity index (χ2n) is 6.29. The third kappa shape index (κ3) is 3.18. The molecular weight excluding hydrogens is 307 g/mol.